The Bertz CT molecular complexity index is 638. The van der Waals surface area contributed by atoms with Gasteiger partial charge in [-0.05, 0) is 43.7 Å². The van der Waals surface area contributed by atoms with Crippen molar-refractivity contribution in [3.05, 3.63) is 36.2 Å². The third-order valence-electron chi connectivity index (χ3n) is 4.52. The minimum absolute atomic E-state index is 0.000793. The van der Waals surface area contributed by atoms with E-state index in [-0.39, 0.29) is 12.0 Å². The minimum atomic E-state index is 0.000793. The summed E-state index contributed by atoms with van der Waals surface area (Å²) in [5.41, 5.74) is 1.87. The average Bonchev–Trinajstić information content (AvgIpc) is 3.03. The molecular weight excluding hydrogens is 292 g/mol. The Balaban J connectivity index is 1.67. The molecule has 5 nitrogen and oxygen atoms in total. The normalized spacial score (nSPS) is 22.2. The first-order chi connectivity index (χ1) is 11.1. The molecule has 0 bridgehead atoms. The number of aromatic nitrogens is 1. The van der Waals surface area contributed by atoms with Gasteiger partial charge in [-0.15, -0.1) is 0 Å². The molecule has 2 heterocycles. The van der Waals surface area contributed by atoms with Gasteiger partial charge in [0, 0.05) is 30.7 Å². The van der Waals surface area contributed by atoms with Crippen LogP contribution in [0.3, 0.4) is 0 Å². The van der Waals surface area contributed by atoms with Crippen LogP contribution in [0.5, 0.6) is 5.75 Å². The summed E-state index contributed by atoms with van der Waals surface area (Å²) in [5, 5.41) is 9.56. The number of rotatable bonds is 5. The first-order valence-corrected chi connectivity index (χ1v) is 8.04. The van der Waals surface area contributed by atoms with E-state index < -0.39 is 0 Å². The van der Waals surface area contributed by atoms with E-state index in [4.69, 9.17) is 9.15 Å². The summed E-state index contributed by atoms with van der Waals surface area (Å²) < 4.78 is 10.8. The van der Waals surface area contributed by atoms with Gasteiger partial charge in [0.25, 0.3) is 0 Å². The molecule has 1 unspecified atom stereocenters. The van der Waals surface area contributed by atoms with Crippen molar-refractivity contribution in [1.29, 1.82) is 0 Å². The van der Waals surface area contributed by atoms with Crippen molar-refractivity contribution in [3.8, 4) is 17.2 Å². The summed E-state index contributed by atoms with van der Waals surface area (Å²) in [4.78, 5) is 6.93. The zero-order valence-corrected chi connectivity index (χ0v) is 13.8. The van der Waals surface area contributed by atoms with Gasteiger partial charge >= 0.3 is 0 Å². The summed E-state index contributed by atoms with van der Waals surface area (Å²) >= 11 is 0. The predicted molar refractivity (Wildman–Crippen MR) is 88.2 cm³/mol. The van der Waals surface area contributed by atoms with Crippen molar-refractivity contribution in [2.75, 3.05) is 26.8 Å². The second-order valence-corrected chi connectivity index (χ2v) is 6.66. The number of aliphatic hydroxyl groups excluding tert-OH is 1. The van der Waals surface area contributed by atoms with Gasteiger partial charge < -0.3 is 14.3 Å². The van der Waals surface area contributed by atoms with Crippen LogP contribution < -0.4 is 4.74 Å². The number of hydrogen-bond donors (Lipinski definition) is 1. The Hall–Kier alpha value is -1.85. The molecule has 0 saturated carbocycles. The Morgan fingerprint density at radius 3 is 2.83 bits per heavy atom. The van der Waals surface area contributed by atoms with E-state index in [0.717, 1.165) is 49.5 Å². The van der Waals surface area contributed by atoms with Crippen molar-refractivity contribution in [2.45, 2.75) is 26.3 Å². The van der Waals surface area contributed by atoms with E-state index in [0.29, 0.717) is 5.89 Å². The van der Waals surface area contributed by atoms with Crippen LogP contribution in [-0.2, 0) is 6.54 Å². The topological polar surface area (TPSA) is 58.7 Å². The van der Waals surface area contributed by atoms with Gasteiger partial charge in [0.2, 0.25) is 5.89 Å². The van der Waals surface area contributed by atoms with Crippen LogP contribution in [0, 0.1) is 5.41 Å². The SMILES string of the molecule is COc1ccc(-c2nc(CN3CCCC(C)(CO)C3)co2)cc1. The van der Waals surface area contributed by atoms with Crippen molar-refractivity contribution in [2.24, 2.45) is 5.41 Å². The molecule has 1 atom stereocenters. The van der Waals surface area contributed by atoms with Gasteiger partial charge in [-0.3, -0.25) is 4.90 Å². The molecule has 1 aliphatic rings. The van der Waals surface area contributed by atoms with E-state index >= 15 is 0 Å². The second kappa shape index (κ2) is 6.72. The van der Waals surface area contributed by atoms with Gasteiger partial charge in [-0.2, -0.15) is 0 Å². The minimum Gasteiger partial charge on any atom is -0.497 e. The molecule has 5 heteroatoms. The van der Waals surface area contributed by atoms with Crippen LogP contribution in [0.15, 0.2) is 34.9 Å². The summed E-state index contributed by atoms with van der Waals surface area (Å²) in [7, 11) is 1.65. The van der Waals surface area contributed by atoms with Gasteiger partial charge in [0.15, 0.2) is 0 Å². The maximum absolute atomic E-state index is 9.56. The van der Waals surface area contributed by atoms with Crippen LogP contribution in [0.2, 0.25) is 0 Å². The molecule has 0 aliphatic carbocycles. The van der Waals surface area contributed by atoms with Crippen LogP contribution in [-0.4, -0.2) is 41.8 Å². The van der Waals surface area contributed by atoms with Gasteiger partial charge in [-0.25, -0.2) is 4.98 Å². The Morgan fingerprint density at radius 1 is 1.35 bits per heavy atom. The molecule has 3 rings (SSSR count). The molecule has 124 valence electrons. The molecule has 1 N–H and O–H groups in total. The molecular formula is C18H24N2O3. The molecule has 2 aromatic rings. The first kappa shape index (κ1) is 16.0. The lowest BCUT2D eigenvalue weighted by Crippen LogP contribution is -2.43. The van der Waals surface area contributed by atoms with Crippen molar-refractivity contribution >= 4 is 0 Å². The van der Waals surface area contributed by atoms with E-state index in [2.05, 4.69) is 16.8 Å². The highest BCUT2D eigenvalue weighted by molar-refractivity contribution is 5.54. The van der Waals surface area contributed by atoms with Crippen molar-refractivity contribution < 1.29 is 14.3 Å². The van der Waals surface area contributed by atoms with E-state index in [1.54, 1.807) is 13.4 Å². The van der Waals surface area contributed by atoms with Crippen LogP contribution in [0.4, 0.5) is 0 Å². The monoisotopic (exact) mass is 316 g/mol. The number of methoxy groups -OCH3 is 1. The van der Waals surface area contributed by atoms with E-state index in [9.17, 15) is 5.11 Å². The number of ether oxygens (including phenoxy) is 1. The largest absolute Gasteiger partial charge is 0.497 e. The summed E-state index contributed by atoms with van der Waals surface area (Å²) in [6.07, 6.45) is 3.92. The fourth-order valence-electron chi connectivity index (χ4n) is 3.17. The molecule has 1 aromatic carbocycles. The lowest BCUT2D eigenvalue weighted by Gasteiger charge is -2.38. The maximum Gasteiger partial charge on any atom is 0.226 e. The smallest absolute Gasteiger partial charge is 0.226 e. The molecule has 0 radical (unpaired) electrons. The summed E-state index contributed by atoms with van der Waals surface area (Å²) in [6, 6.07) is 7.68. The van der Waals surface area contributed by atoms with Crippen LogP contribution in [0.1, 0.15) is 25.5 Å². The quantitative estimate of drug-likeness (QED) is 0.919. The third kappa shape index (κ3) is 3.74. The fraction of sp³-hybridized carbons (Fsp3) is 0.500. The van der Waals surface area contributed by atoms with Crippen molar-refractivity contribution in [1.82, 2.24) is 9.88 Å². The van der Waals surface area contributed by atoms with Crippen LogP contribution in [0.25, 0.3) is 11.5 Å². The van der Waals surface area contributed by atoms with Gasteiger partial charge in [-0.1, -0.05) is 6.92 Å². The fourth-order valence-corrected chi connectivity index (χ4v) is 3.17. The highest BCUT2D eigenvalue weighted by Gasteiger charge is 2.30. The lowest BCUT2D eigenvalue weighted by molar-refractivity contribution is 0.0423. The number of aliphatic hydroxyl groups is 1. The average molecular weight is 316 g/mol. The number of oxazole rings is 1. The molecule has 0 amide bonds. The molecule has 23 heavy (non-hydrogen) atoms. The number of nitrogens with zero attached hydrogens (tertiary/aromatic N) is 2. The van der Waals surface area contributed by atoms with Crippen LogP contribution >= 0.6 is 0 Å². The standard InChI is InChI=1S/C18H24N2O3/c1-18(13-21)8-3-9-20(12-18)10-15-11-23-17(19-15)14-4-6-16(22-2)7-5-14/h4-7,11,21H,3,8-10,12-13H2,1-2H3. The second-order valence-electron chi connectivity index (χ2n) is 6.66. The number of hydrogen-bond acceptors (Lipinski definition) is 5. The number of benzene rings is 1. The maximum atomic E-state index is 9.56. The van der Waals surface area contributed by atoms with Crippen molar-refractivity contribution in [3.63, 3.8) is 0 Å². The molecule has 1 fully saturated rings. The van der Waals surface area contributed by atoms with Gasteiger partial charge in [0.05, 0.1) is 12.8 Å². The molecule has 1 saturated heterocycles. The number of likely N-dealkylation sites (tertiary alicyclic amines) is 1. The lowest BCUT2D eigenvalue weighted by atomic mass is 9.83. The number of piperidine rings is 1. The Labute approximate surface area is 136 Å². The summed E-state index contributed by atoms with van der Waals surface area (Å²) in [5.74, 6) is 1.45. The predicted octanol–water partition coefficient (Wildman–Crippen LogP) is 2.94. The molecule has 0 spiro atoms. The zero-order valence-electron chi connectivity index (χ0n) is 13.8. The molecule has 1 aliphatic heterocycles. The third-order valence-corrected chi connectivity index (χ3v) is 4.52. The zero-order chi connectivity index (χ0) is 16.3. The van der Waals surface area contributed by atoms with E-state index in [1.165, 1.54) is 0 Å². The summed E-state index contributed by atoms with van der Waals surface area (Å²) in [6.45, 7) is 5.08. The first-order valence-electron chi connectivity index (χ1n) is 8.04. The Morgan fingerprint density at radius 2 is 2.13 bits per heavy atom. The highest BCUT2D eigenvalue weighted by atomic mass is 16.5. The van der Waals surface area contributed by atoms with E-state index in [1.807, 2.05) is 24.3 Å². The Kier molecular flexibility index (Phi) is 4.68. The highest BCUT2D eigenvalue weighted by Crippen LogP contribution is 2.30. The van der Waals surface area contributed by atoms with Gasteiger partial charge in [0.1, 0.15) is 12.0 Å². The molecule has 1 aromatic heterocycles.